The number of ether oxygens (including phenoxy) is 1. The molecule has 0 aliphatic heterocycles. The summed E-state index contributed by atoms with van der Waals surface area (Å²) < 4.78 is 9.37. The van der Waals surface area contributed by atoms with E-state index in [2.05, 4.69) is 36.3 Å². The first-order valence-corrected chi connectivity index (χ1v) is 6.92. The fourth-order valence-electron chi connectivity index (χ4n) is 2.41. The van der Waals surface area contributed by atoms with Crippen LogP contribution in [-0.4, -0.2) is 33.2 Å². The van der Waals surface area contributed by atoms with Crippen molar-refractivity contribution in [3.05, 3.63) is 29.8 Å². The molecule has 2 aromatic heterocycles. The lowest BCUT2D eigenvalue weighted by Crippen LogP contribution is -2.27. The van der Waals surface area contributed by atoms with E-state index >= 15 is 0 Å². The average molecular weight is 277 g/mol. The second kappa shape index (κ2) is 6.09. The Morgan fingerprint density at radius 3 is 2.60 bits per heavy atom. The van der Waals surface area contributed by atoms with Crippen LogP contribution >= 0.6 is 0 Å². The summed E-state index contributed by atoms with van der Waals surface area (Å²) in [6.07, 6.45) is 3.58. The van der Waals surface area contributed by atoms with Crippen molar-refractivity contribution in [3.63, 3.8) is 0 Å². The van der Waals surface area contributed by atoms with Crippen molar-refractivity contribution in [3.8, 4) is 5.75 Å². The number of methoxy groups -OCH3 is 1. The van der Waals surface area contributed by atoms with Gasteiger partial charge < -0.3 is 10.1 Å². The molecular formula is C14H23N5O. The quantitative estimate of drug-likeness (QED) is 0.876. The second-order valence-corrected chi connectivity index (χ2v) is 5.01. The predicted octanol–water partition coefficient (Wildman–Crippen LogP) is 1.90. The summed E-state index contributed by atoms with van der Waals surface area (Å²) in [5.41, 5.74) is 2.13. The van der Waals surface area contributed by atoms with E-state index in [0.29, 0.717) is 0 Å². The maximum absolute atomic E-state index is 5.49. The topological polar surface area (TPSA) is 56.9 Å². The number of aryl methyl sites for hydroxylation is 1. The molecule has 0 aliphatic carbocycles. The summed E-state index contributed by atoms with van der Waals surface area (Å²) >= 11 is 0. The minimum Gasteiger partial charge on any atom is -0.493 e. The predicted molar refractivity (Wildman–Crippen MR) is 77.9 cm³/mol. The molecule has 1 N–H and O–H groups in total. The molecule has 2 rings (SSSR count). The molecule has 0 bridgehead atoms. The average Bonchev–Trinajstić information content (AvgIpc) is 3.02. The van der Waals surface area contributed by atoms with Crippen molar-refractivity contribution in [1.82, 2.24) is 24.9 Å². The molecule has 2 aromatic rings. The monoisotopic (exact) mass is 277 g/mol. The van der Waals surface area contributed by atoms with Crippen LogP contribution in [0.2, 0.25) is 0 Å². The van der Waals surface area contributed by atoms with Crippen LogP contribution in [0.3, 0.4) is 0 Å². The molecule has 0 fully saturated rings. The van der Waals surface area contributed by atoms with Crippen molar-refractivity contribution < 1.29 is 4.74 Å². The number of aromatic nitrogens is 4. The molecule has 6 nitrogen and oxygen atoms in total. The number of nitrogens with zero attached hydrogens (tertiary/aromatic N) is 4. The Morgan fingerprint density at radius 2 is 2.10 bits per heavy atom. The van der Waals surface area contributed by atoms with Gasteiger partial charge in [-0.1, -0.05) is 6.92 Å². The van der Waals surface area contributed by atoms with Crippen molar-refractivity contribution in [1.29, 1.82) is 0 Å². The highest BCUT2D eigenvalue weighted by atomic mass is 16.5. The molecule has 6 heteroatoms. The van der Waals surface area contributed by atoms with Gasteiger partial charge in [-0.3, -0.25) is 9.36 Å². The Morgan fingerprint density at radius 1 is 1.35 bits per heavy atom. The SMILES string of the molecule is CCNC(c1ccnn1C)c1c(OC)cnn1C(C)C. The minimum atomic E-state index is 0.00681. The third kappa shape index (κ3) is 2.56. The van der Waals surface area contributed by atoms with Crippen LogP contribution < -0.4 is 10.1 Å². The van der Waals surface area contributed by atoms with Gasteiger partial charge in [0.1, 0.15) is 5.69 Å². The Bertz CT molecular complexity index is 558. The summed E-state index contributed by atoms with van der Waals surface area (Å²) in [5, 5.41) is 12.2. The Kier molecular flexibility index (Phi) is 4.44. The zero-order chi connectivity index (χ0) is 14.7. The maximum atomic E-state index is 5.49. The fraction of sp³-hybridized carbons (Fsp3) is 0.571. The number of hydrogen-bond acceptors (Lipinski definition) is 4. The highest BCUT2D eigenvalue weighted by molar-refractivity contribution is 5.34. The number of rotatable bonds is 6. The zero-order valence-corrected chi connectivity index (χ0v) is 12.8. The first-order chi connectivity index (χ1) is 9.60. The lowest BCUT2D eigenvalue weighted by Gasteiger charge is -2.22. The summed E-state index contributed by atoms with van der Waals surface area (Å²) in [4.78, 5) is 0. The van der Waals surface area contributed by atoms with E-state index in [4.69, 9.17) is 4.74 Å². The van der Waals surface area contributed by atoms with E-state index in [1.165, 1.54) is 0 Å². The highest BCUT2D eigenvalue weighted by Crippen LogP contribution is 2.31. The lowest BCUT2D eigenvalue weighted by molar-refractivity contribution is 0.391. The first-order valence-electron chi connectivity index (χ1n) is 6.92. The van der Waals surface area contributed by atoms with E-state index in [0.717, 1.165) is 23.7 Å². The molecule has 0 saturated carbocycles. The Labute approximate surface area is 119 Å². The van der Waals surface area contributed by atoms with Gasteiger partial charge in [0.2, 0.25) is 0 Å². The van der Waals surface area contributed by atoms with Gasteiger partial charge in [-0.15, -0.1) is 0 Å². The standard InChI is InChI=1S/C14H23N5O/c1-6-15-13(11-7-8-16-18(11)4)14-12(20-5)9-17-19(14)10(2)3/h7-10,13,15H,6H2,1-5H3. The van der Waals surface area contributed by atoms with Crippen LogP contribution in [0.1, 0.15) is 44.2 Å². The minimum absolute atomic E-state index is 0.00681. The molecule has 2 heterocycles. The molecule has 0 spiro atoms. The van der Waals surface area contributed by atoms with Gasteiger partial charge in [0, 0.05) is 19.3 Å². The number of hydrogen-bond donors (Lipinski definition) is 1. The smallest absolute Gasteiger partial charge is 0.162 e. The van der Waals surface area contributed by atoms with E-state index < -0.39 is 0 Å². The van der Waals surface area contributed by atoms with Crippen molar-refractivity contribution in [2.24, 2.45) is 7.05 Å². The highest BCUT2D eigenvalue weighted by Gasteiger charge is 2.26. The van der Waals surface area contributed by atoms with E-state index in [9.17, 15) is 0 Å². The third-order valence-corrected chi connectivity index (χ3v) is 3.34. The molecule has 0 aliphatic rings. The van der Waals surface area contributed by atoms with Crippen LogP contribution in [0, 0.1) is 0 Å². The fourth-order valence-corrected chi connectivity index (χ4v) is 2.41. The molecule has 0 radical (unpaired) electrons. The molecular weight excluding hydrogens is 254 g/mol. The molecule has 0 aromatic carbocycles. The Balaban J connectivity index is 2.54. The molecule has 20 heavy (non-hydrogen) atoms. The first kappa shape index (κ1) is 14.6. The zero-order valence-electron chi connectivity index (χ0n) is 12.8. The lowest BCUT2D eigenvalue weighted by atomic mass is 10.1. The maximum Gasteiger partial charge on any atom is 0.162 e. The largest absolute Gasteiger partial charge is 0.493 e. The molecule has 1 unspecified atom stereocenters. The van der Waals surface area contributed by atoms with Gasteiger partial charge >= 0.3 is 0 Å². The van der Waals surface area contributed by atoms with Crippen molar-refractivity contribution in [2.75, 3.05) is 13.7 Å². The second-order valence-electron chi connectivity index (χ2n) is 5.01. The van der Waals surface area contributed by atoms with Gasteiger partial charge in [-0.2, -0.15) is 10.2 Å². The summed E-state index contributed by atoms with van der Waals surface area (Å²) in [7, 11) is 3.62. The summed E-state index contributed by atoms with van der Waals surface area (Å²) in [6.45, 7) is 7.17. The van der Waals surface area contributed by atoms with Gasteiger partial charge in [0.05, 0.1) is 25.0 Å². The summed E-state index contributed by atoms with van der Waals surface area (Å²) in [6, 6.07) is 2.29. The van der Waals surface area contributed by atoms with Gasteiger partial charge in [-0.25, -0.2) is 0 Å². The molecule has 1 atom stereocenters. The van der Waals surface area contributed by atoms with Crippen molar-refractivity contribution in [2.45, 2.75) is 32.9 Å². The summed E-state index contributed by atoms with van der Waals surface area (Å²) in [5.74, 6) is 0.797. The van der Waals surface area contributed by atoms with Gasteiger partial charge in [0.15, 0.2) is 5.75 Å². The number of nitrogens with one attached hydrogen (secondary N) is 1. The van der Waals surface area contributed by atoms with Gasteiger partial charge in [-0.05, 0) is 26.5 Å². The van der Waals surface area contributed by atoms with Crippen LogP contribution in [0.5, 0.6) is 5.75 Å². The Hall–Kier alpha value is -1.82. The van der Waals surface area contributed by atoms with Gasteiger partial charge in [0.25, 0.3) is 0 Å². The van der Waals surface area contributed by atoms with Crippen LogP contribution in [0.25, 0.3) is 0 Å². The van der Waals surface area contributed by atoms with Crippen LogP contribution in [-0.2, 0) is 7.05 Å². The molecule has 0 saturated heterocycles. The van der Waals surface area contributed by atoms with E-state index in [1.807, 2.05) is 28.7 Å². The van der Waals surface area contributed by atoms with Crippen molar-refractivity contribution >= 4 is 0 Å². The van der Waals surface area contributed by atoms with E-state index in [-0.39, 0.29) is 12.1 Å². The normalized spacial score (nSPS) is 12.9. The molecule has 110 valence electrons. The third-order valence-electron chi connectivity index (χ3n) is 3.34. The van der Waals surface area contributed by atoms with Crippen LogP contribution in [0.4, 0.5) is 0 Å². The van der Waals surface area contributed by atoms with Crippen LogP contribution in [0.15, 0.2) is 18.5 Å². The molecule has 0 amide bonds. The van der Waals surface area contributed by atoms with E-state index in [1.54, 1.807) is 13.3 Å².